The molecule has 9 rings (SSSR count). The Hall–Kier alpha value is -5.02. The summed E-state index contributed by atoms with van der Waals surface area (Å²) < 4.78 is 22.1. The fourth-order valence-corrected chi connectivity index (χ4v) is 7.48. The Morgan fingerprint density at radius 2 is 1.07 bits per heavy atom. The molecule has 3 heterocycles. The molecule has 0 unspecified atom stereocenters. The maximum atomic E-state index is 15.3. The van der Waals surface area contributed by atoms with E-state index in [1.807, 2.05) is 22.8 Å². The molecule has 40 heavy (non-hydrogen) atoms. The number of nitrogens with zero attached hydrogens (tertiary/aromatic N) is 2. The maximum absolute atomic E-state index is 15.3. The second kappa shape index (κ2) is 8.00. The number of allylic oxidation sites excluding steroid dienone is 2. The molecule has 0 radical (unpaired) electrons. The van der Waals surface area contributed by atoms with E-state index in [2.05, 4.69) is 108 Å². The first-order chi connectivity index (χ1) is 19.8. The minimum absolute atomic E-state index is 0.266. The number of rotatable bonds is 2. The van der Waals surface area contributed by atoms with Gasteiger partial charge in [0.15, 0.2) is 0 Å². The number of fused-ring (bicyclic) bond motifs is 9. The average molecular weight is 532 g/mol. The van der Waals surface area contributed by atoms with E-state index in [0.717, 1.165) is 27.8 Å². The number of hydrogen-bond acceptors (Lipinski definition) is 1. The Kier molecular flexibility index (Phi) is 4.37. The first-order valence-electron chi connectivity index (χ1n) is 13.3. The van der Waals surface area contributed by atoms with Gasteiger partial charge >= 0.3 is 0 Å². The molecule has 0 bridgehead atoms. The number of thiophene rings is 1. The van der Waals surface area contributed by atoms with Crippen LogP contribution in [0.2, 0.25) is 0 Å². The predicted octanol–water partition coefficient (Wildman–Crippen LogP) is 10.2. The Morgan fingerprint density at radius 3 is 1.70 bits per heavy atom. The smallest absolute Gasteiger partial charge is 0.266 e. The highest BCUT2D eigenvalue weighted by molar-refractivity contribution is 7.25. The Morgan fingerprint density at radius 1 is 0.550 bits per heavy atom. The summed E-state index contributed by atoms with van der Waals surface area (Å²) in [5.74, 6) is -0.266. The third-order valence-corrected chi connectivity index (χ3v) is 9.26. The average Bonchev–Trinajstić information content (AvgIpc) is 3.65. The van der Waals surface area contributed by atoms with Gasteiger partial charge < -0.3 is 4.57 Å². The number of aromatic nitrogens is 2. The fourth-order valence-electron chi connectivity index (χ4n) is 6.41. The molecule has 0 amide bonds. The monoisotopic (exact) mass is 531 g/mol. The van der Waals surface area contributed by atoms with E-state index in [-0.39, 0.29) is 5.83 Å². The van der Waals surface area contributed by atoms with Gasteiger partial charge in [0.1, 0.15) is 17.7 Å². The van der Waals surface area contributed by atoms with Gasteiger partial charge in [-0.3, -0.25) is 4.57 Å². The normalized spacial score (nSPS) is 13.0. The van der Waals surface area contributed by atoms with E-state index in [9.17, 15) is 0 Å². The topological polar surface area (TPSA) is 9.86 Å². The molecule has 2 nitrogen and oxygen atoms in total. The van der Waals surface area contributed by atoms with E-state index in [1.54, 1.807) is 11.3 Å². The second-order valence-corrected chi connectivity index (χ2v) is 11.3. The highest BCUT2D eigenvalue weighted by Gasteiger charge is 2.29. The minimum atomic E-state index is -0.266. The quantitative estimate of drug-likeness (QED) is 0.196. The molecule has 1 aliphatic carbocycles. The lowest BCUT2D eigenvalue weighted by molar-refractivity contribution is 0.746. The third-order valence-electron chi connectivity index (χ3n) is 8.11. The lowest BCUT2D eigenvalue weighted by Gasteiger charge is -2.09. The molecule has 186 valence electrons. The van der Waals surface area contributed by atoms with Crippen LogP contribution in [0.15, 0.2) is 115 Å². The Labute approximate surface area is 233 Å². The van der Waals surface area contributed by atoms with Gasteiger partial charge in [-0.25, -0.2) is 0 Å². The highest BCUT2D eigenvalue weighted by atomic mass is 32.1. The first kappa shape index (κ1) is 21.9. The number of halogens is 1. The minimum Gasteiger partial charge on any atom is -0.309 e. The summed E-state index contributed by atoms with van der Waals surface area (Å²) in [7, 11) is 0. The van der Waals surface area contributed by atoms with Crippen LogP contribution in [-0.4, -0.2) is 9.13 Å². The van der Waals surface area contributed by atoms with Gasteiger partial charge in [-0.2, -0.15) is 0 Å². The van der Waals surface area contributed by atoms with Crippen molar-refractivity contribution in [1.29, 1.82) is 0 Å². The van der Waals surface area contributed by atoms with Crippen molar-refractivity contribution in [3.8, 4) is 11.4 Å². The van der Waals surface area contributed by atoms with E-state index < -0.39 is 0 Å². The van der Waals surface area contributed by atoms with Crippen molar-refractivity contribution in [1.82, 2.24) is 9.13 Å². The Balaban J connectivity index is 1.32. The largest absolute Gasteiger partial charge is 0.309 e. The van der Waals surface area contributed by atoms with E-state index >= 15 is 4.39 Å². The van der Waals surface area contributed by atoms with Gasteiger partial charge in [0.05, 0.1) is 21.9 Å². The molecule has 8 aromatic rings. The summed E-state index contributed by atoms with van der Waals surface area (Å²) in [6, 6.07) is 38.6. The van der Waals surface area contributed by atoms with Crippen molar-refractivity contribution in [3.63, 3.8) is 0 Å². The molecule has 5 aromatic carbocycles. The molecule has 3 aromatic heterocycles. The van der Waals surface area contributed by atoms with Gasteiger partial charge in [0.2, 0.25) is 5.69 Å². The lowest BCUT2D eigenvalue weighted by Crippen LogP contribution is -2.00. The van der Waals surface area contributed by atoms with Gasteiger partial charge in [-0.05, 0) is 60.7 Å². The molecular formula is C36H20FN2S+. The number of benzene rings is 5. The van der Waals surface area contributed by atoms with Crippen molar-refractivity contribution < 1.29 is 4.39 Å². The van der Waals surface area contributed by atoms with Crippen LogP contribution in [0.1, 0.15) is 11.3 Å². The fraction of sp³-hybridized carbons (Fsp3) is 0. The van der Waals surface area contributed by atoms with Crippen LogP contribution in [0.25, 0.3) is 76.2 Å². The molecule has 0 saturated carbocycles. The van der Waals surface area contributed by atoms with Gasteiger partial charge in [-0.1, -0.05) is 48.5 Å². The van der Waals surface area contributed by atoms with Crippen LogP contribution in [0, 0.1) is 6.08 Å². The van der Waals surface area contributed by atoms with E-state index in [0.29, 0.717) is 5.69 Å². The second-order valence-electron chi connectivity index (χ2n) is 10.3. The summed E-state index contributed by atoms with van der Waals surface area (Å²) in [5, 5.41) is 5.91. The third kappa shape index (κ3) is 2.89. The molecule has 4 heteroatoms. The molecule has 0 aliphatic heterocycles. The van der Waals surface area contributed by atoms with Crippen LogP contribution in [0.4, 0.5) is 4.39 Å². The maximum Gasteiger partial charge on any atom is 0.266 e. The van der Waals surface area contributed by atoms with Crippen LogP contribution >= 0.6 is 11.3 Å². The predicted molar refractivity (Wildman–Crippen MR) is 167 cm³/mol. The zero-order chi connectivity index (χ0) is 26.4. The molecule has 0 spiro atoms. The Bertz CT molecular complexity index is 2340. The van der Waals surface area contributed by atoms with E-state index in [1.165, 1.54) is 48.1 Å². The zero-order valence-corrected chi connectivity index (χ0v) is 22.0. The molecule has 0 fully saturated rings. The van der Waals surface area contributed by atoms with Gasteiger partial charge in [0, 0.05) is 48.4 Å². The van der Waals surface area contributed by atoms with Crippen molar-refractivity contribution >= 4 is 76.1 Å². The van der Waals surface area contributed by atoms with Crippen molar-refractivity contribution in [3.05, 3.63) is 133 Å². The van der Waals surface area contributed by atoms with Crippen molar-refractivity contribution in [2.75, 3.05) is 0 Å². The van der Waals surface area contributed by atoms with E-state index in [4.69, 9.17) is 0 Å². The molecule has 0 atom stereocenters. The summed E-state index contributed by atoms with van der Waals surface area (Å²) in [6.07, 6.45) is 6.27. The summed E-state index contributed by atoms with van der Waals surface area (Å²) in [4.78, 5) is 0. The summed E-state index contributed by atoms with van der Waals surface area (Å²) in [6.45, 7) is 0. The highest BCUT2D eigenvalue weighted by Crippen LogP contribution is 2.41. The first-order valence-corrected chi connectivity index (χ1v) is 14.1. The standard InChI is InChI=1S/C36H20FN2S/c37-30-12-7-11-27-26-10-3-6-15-33(26)39(36(27)30)23-17-19-35-29(21-23)28-20-22(16-18-34(28)40-35)38-31-13-4-1-8-24(31)25-9-2-5-14-32(25)38/h1-6,8-21H/q+1. The van der Waals surface area contributed by atoms with Crippen LogP contribution in [0.3, 0.4) is 0 Å². The molecular weight excluding hydrogens is 511 g/mol. The van der Waals surface area contributed by atoms with Crippen LogP contribution < -0.4 is 0 Å². The molecule has 1 aliphatic rings. The summed E-state index contributed by atoms with van der Waals surface area (Å²) in [5.41, 5.74) is 6.92. The molecule has 0 saturated heterocycles. The van der Waals surface area contributed by atoms with Gasteiger partial charge in [-0.15, -0.1) is 15.7 Å². The van der Waals surface area contributed by atoms with Crippen LogP contribution in [0.5, 0.6) is 0 Å². The SMILES string of the molecule is FC1=C[C+]=Cc2c1n(-c1ccc3sc4ccc(-n5c6ccccc6c6ccccc65)cc4c3c1)c1ccccc21. The number of hydrogen-bond donors (Lipinski definition) is 0. The van der Waals surface area contributed by atoms with Crippen LogP contribution in [-0.2, 0) is 0 Å². The van der Waals surface area contributed by atoms with Crippen molar-refractivity contribution in [2.24, 2.45) is 0 Å². The summed E-state index contributed by atoms with van der Waals surface area (Å²) >= 11 is 1.79. The number of para-hydroxylation sites is 3. The zero-order valence-electron chi connectivity index (χ0n) is 21.2. The molecule has 0 N–H and O–H groups in total. The van der Waals surface area contributed by atoms with Gasteiger partial charge in [0.25, 0.3) is 5.83 Å². The van der Waals surface area contributed by atoms with Crippen molar-refractivity contribution in [2.45, 2.75) is 0 Å². The lowest BCUT2D eigenvalue weighted by atomic mass is 10.1.